The Balaban J connectivity index is 0.0000109. The molecule has 0 amide bonds. The Morgan fingerprint density at radius 2 is 1.82 bits per heavy atom. The molecular weight excluding hydrogens is 480 g/mol. The highest BCUT2D eigenvalue weighted by Gasteiger charge is 2.24. The van der Waals surface area contributed by atoms with Crippen molar-refractivity contribution in [3.05, 3.63) is 23.8 Å². The predicted octanol–water partition coefficient (Wildman–Crippen LogP) is 3.14. The minimum Gasteiger partial charge on any atom is -0.493 e. The van der Waals surface area contributed by atoms with Crippen LogP contribution in [0, 0.1) is 11.8 Å². The Kier molecular flexibility index (Phi) is 16.8. The first-order valence-electron chi connectivity index (χ1n) is 11.8. The molecule has 0 fully saturated rings. The van der Waals surface area contributed by atoms with Gasteiger partial charge in [-0.2, -0.15) is 0 Å². The van der Waals surface area contributed by atoms with E-state index in [2.05, 4.69) is 18.6 Å². The third-order valence-electron chi connectivity index (χ3n) is 5.77. The monoisotopic (exact) mass is 524 g/mol. The van der Waals surface area contributed by atoms with Gasteiger partial charge in [0.05, 0.1) is 25.6 Å². The van der Waals surface area contributed by atoms with Crippen molar-refractivity contribution >= 4 is 22.4 Å². The third kappa shape index (κ3) is 12.6. The van der Waals surface area contributed by atoms with Crippen LogP contribution in [0.25, 0.3) is 0 Å². The SMILES string of the molecule is CCCCS(=O)(=O)NC[C@H](O)[C@@H](N)C[C@H](Cc1ccc(OC)c(OCCCOC)c1)C(C)C.Cl. The van der Waals surface area contributed by atoms with Crippen molar-refractivity contribution < 1.29 is 27.7 Å². The number of unbranched alkanes of at least 4 members (excludes halogenated alkanes) is 1. The Morgan fingerprint density at radius 3 is 2.41 bits per heavy atom. The third-order valence-corrected chi connectivity index (χ3v) is 7.20. The van der Waals surface area contributed by atoms with Gasteiger partial charge in [-0.25, -0.2) is 13.1 Å². The molecule has 0 unspecified atom stereocenters. The summed E-state index contributed by atoms with van der Waals surface area (Å²) in [5, 5.41) is 10.5. The first-order valence-corrected chi connectivity index (χ1v) is 13.5. The van der Waals surface area contributed by atoms with Crippen LogP contribution in [-0.2, 0) is 21.2 Å². The number of halogens is 1. The summed E-state index contributed by atoms with van der Waals surface area (Å²) >= 11 is 0. The van der Waals surface area contributed by atoms with E-state index in [1.54, 1.807) is 14.2 Å². The van der Waals surface area contributed by atoms with E-state index in [0.29, 0.717) is 43.5 Å². The van der Waals surface area contributed by atoms with Crippen LogP contribution in [0.5, 0.6) is 11.5 Å². The first kappa shape index (κ1) is 32.9. The number of hydrogen-bond acceptors (Lipinski definition) is 7. The summed E-state index contributed by atoms with van der Waals surface area (Å²) in [6.07, 6.45) is 2.56. The van der Waals surface area contributed by atoms with Crippen LogP contribution in [0.1, 0.15) is 52.0 Å². The summed E-state index contributed by atoms with van der Waals surface area (Å²) in [7, 11) is -0.109. The number of methoxy groups -OCH3 is 2. The van der Waals surface area contributed by atoms with Gasteiger partial charge < -0.3 is 25.1 Å². The molecule has 8 nitrogen and oxygen atoms in total. The summed E-state index contributed by atoms with van der Waals surface area (Å²) in [5.74, 6) is 1.98. The van der Waals surface area contributed by atoms with Gasteiger partial charge in [0.1, 0.15) is 0 Å². The van der Waals surface area contributed by atoms with E-state index in [1.165, 1.54) is 0 Å². The molecule has 0 heterocycles. The fourth-order valence-corrected chi connectivity index (χ4v) is 4.75. The van der Waals surface area contributed by atoms with Gasteiger partial charge in [0.2, 0.25) is 10.0 Å². The van der Waals surface area contributed by atoms with E-state index >= 15 is 0 Å². The zero-order chi connectivity index (χ0) is 24.9. The molecule has 1 aromatic carbocycles. The second-order valence-electron chi connectivity index (χ2n) is 8.88. The average molecular weight is 525 g/mol. The number of aliphatic hydroxyl groups is 1. The van der Waals surface area contributed by atoms with Crippen LogP contribution in [0.4, 0.5) is 0 Å². The van der Waals surface area contributed by atoms with Crippen LogP contribution in [0.3, 0.4) is 0 Å². The molecule has 34 heavy (non-hydrogen) atoms. The lowest BCUT2D eigenvalue weighted by atomic mass is 9.83. The molecule has 0 bridgehead atoms. The molecule has 4 N–H and O–H groups in total. The molecule has 0 aliphatic carbocycles. The number of benzene rings is 1. The number of sulfonamides is 1. The lowest BCUT2D eigenvalue weighted by molar-refractivity contribution is 0.129. The maximum absolute atomic E-state index is 12.0. The minimum absolute atomic E-state index is 0. The topological polar surface area (TPSA) is 120 Å². The molecule has 0 spiro atoms. The molecule has 0 saturated heterocycles. The quantitative estimate of drug-likeness (QED) is 0.252. The Morgan fingerprint density at radius 1 is 1.12 bits per heavy atom. The summed E-state index contributed by atoms with van der Waals surface area (Å²) in [4.78, 5) is 0. The minimum atomic E-state index is -3.39. The maximum atomic E-state index is 12.0. The van der Waals surface area contributed by atoms with E-state index < -0.39 is 22.2 Å². The Labute approximate surface area is 212 Å². The highest BCUT2D eigenvalue weighted by Crippen LogP contribution is 2.31. The zero-order valence-corrected chi connectivity index (χ0v) is 22.9. The summed E-state index contributed by atoms with van der Waals surface area (Å²) in [5.41, 5.74) is 7.36. The number of hydrogen-bond donors (Lipinski definition) is 3. The van der Waals surface area contributed by atoms with Crippen molar-refractivity contribution in [1.29, 1.82) is 0 Å². The van der Waals surface area contributed by atoms with E-state index in [4.69, 9.17) is 19.9 Å². The molecule has 0 aliphatic rings. The number of ether oxygens (including phenoxy) is 3. The number of rotatable bonds is 18. The van der Waals surface area contributed by atoms with Gasteiger partial charge in [0.25, 0.3) is 0 Å². The summed E-state index contributed by atoms with van der Waals surface area (Å²) < 4.78 is 42.8. The van der Waals surface area contributed by atoms with Gasteiger partial charge in [0.15, 0.2) is 11.5 Å². The van der Waals surface area contributed by atoms with Gasteiger partial charge >= 0.3 is 0 Å². The molecular formula is C24H45ClN2O6S. The van der Waals surface area contributed by atoms with Crippen molar-refractivity contribution in [3.8, 4) is 11.5 Å². The summed E-state index contributed by atoms with van der Waals surface area (Å²) in [6, 6.07) is 5.37. The molecule has 0 saturated carbocycles. The maximum Gasteiger partial charge on any atom is 0.211 e. The van der Waals surface area contributed by atoms with E-state index in [9.17, 15) is 13.5 Å². The fraction of sp³-hybridized carbons (Fsp3) is 0.750. The fourth-order valence-electron chi connectivity index (χ4n) is 3.52. The lowest BCUT2D eigenvalue weighted by Crippen LogP contribution is -2.45. The highest BCUT2D eigenvalue weighted by molar-refractivity contribution is 7.89. The van der Waals surface area contributed by atoms with E-state index in [0.717, 1.165) is 24.8 Å². The largest absolute Gasteiger partial charge is 0.493 e. The molecule has 0 aromatic heterocycles. The second-order valence-corrected chi connectivity index (χ2v) is 10.8. The smallest absolute Gasteiger partial charge is 0.211 e. The standard InChI is InChI=1S/C24H44N2O6S.ClH/c1-6-7-13-33(28,29)26-17-22(27)21(25)16-20(18(2)3)14-19-9-10-23(31-5)24(15-19)32-12-8-11-30-4;/h9-10,15,18,20-22,26-27H,6-8,11-14,16-17,25H2,1-5H3;1H/t20-,21-,22-;/m0./s1. The molecule has 0 radical (unpaired) electrons. The van der Waals surface area contributed by atoms with Gasteiger partial charge in [-0.1, -0.05) is 33.3 Å². The van der Waals surface area contributed by atoms with Crippen molar-refractivity contribution in [3.63, 3.8) is 0 Å². The first-order chi connectivity index (χ1) is 15.6. The van der Waals surface area contributed by atoms with Crippen LogP contribution < -0.4 is 19.9 Å². The van der Waals surface area contributed by atoms with Crippen LogP contribution >= 0.6 is 12.4 Å². The van der Waals surface area contributed by atoms with Crippen molar-refractivity contribution in [2.45, 2.75) is 65.0 Å². The normalized spacial score (nSPS) is 14.4. The highest BCUT2D eigenvalue weighted by atomic mass is 35.5. The van der Waals surface area contributed by atoms with E-state index in [1.807, 2.05) is 25.1 Å². The van der Waals surface area contributed by atoms with Crippen LogP contribution in [0.15, 0.2) is 18.2 Å². The van der Waals surface area contributed by atoms with Crippen molar-refractivity contribution in [1.82, 2.24) is 4.72 Å². The Bertz CT molecular complexity index is 779. The van der Waals surface area contributed by atoms with Crippen molar-refractivity contribution in [2.24, 2.45) is 17.6 Å². The molecule has 1 rings (SSSR count). The van der Waals surface area contributed by atoms with Gasteiger partial charge in [0, 0.05) is 32.7 Å². The average Bonchev–Trinajstić information content (AvgIpc) is 2.78. The van der Waals surface area contributed by atoms with Crippen LogP contribution in [-0.4, -0.2) is 65.4 Å². The van der Waals surface area contributed by atoms with E-state index in [-0.39, 0.29) is 30.6 Å². The number of nitrogens with one attached hydrogen (secondary N) is 1. The van der Waals surface area contributed by atoms with Gasteiger partial charge in [-0.05, 0) is 48.8 Å². The second kappa shape index (κ2) is 17.3. The molecule has 3 atom stereocenters. The molecule has 10 heteroatoms. The van der Waals surface area contributed by atoms with Gasteiger partial charge in [-0.15, -0.1) is 12.4 Å². The van der Waals surface area contributed by atoms with Crippen LogP contribution in [0.2, 0.25) is 0 Å². The number of aliphatic hydroxyl groups excluding tert-OH is 1. The Hall–Kier alpha value is -1.10. The molecule has 200 valence electrons. The molecule has 0 aliphatic heterocycles. The lowest BCUT2D eigenvalue weighted by Gasteiger charge is -2.27. The number of nitrogens with two attached hydrogens (primary N) is 1. The van der Waals surface area contributed by atoms with Crippen molar-refractivity contribution in [2.75, 3.05) is 39.7 Å². The predicted molar refractivity (Wildman–Crippen MR) is 140 cm³/mol. The zero-order valence-electron chi connectivity index (χ0n) is 21.3. The summed E-state index contributed by atoms with van der Waals surface area (Å²) in [6.45, 7) is 7.29. The molecule has 1 aromatic rings. The van der Waals surface area contributed by atoms with Gasteiger partial charge in [-0.3, -0.25) is 0 Å².